The van der Waals surface area contributed by atoms with Gasteiger partial charge in [0.1, 0.15) is 5.75 Å². The molecule has 0 atom stereocenters. The van der Waals surface area contributed by atoms with Gasteiger partial charge in [-0.2, -0.15) is 0 Å². The molecule has 1 aliphatic carbocycles. The van der Waals surface area contributed by atoms with Crippen molar-refractivity contribution < 1.29 is 23.9 Å². The maximum absolute atomic E-state index is 12.3. The summed E-state index contributed by atoms with van der Waals surface area (Å²) in [4.78, 5) is 35.1. The van der Waals surface area contributed by atoms with Crippen molar-refractivity contribution in [2.75, 3.05) is 19.0 Å². The number of hydrogen-bond acceptors (Lipinski definition) is 5. The van der Waals surface area contributed by atoms with Gasteiger partial charge in [0.25, 0.3) is 0 Å². The predicted octanol–water partition coefficient (Wildman–Crippen LogP) is 6.79. The Kier molecular flexibility index (Phi) is 11.6. The molecule has 0 aliphatic heterocycles. The fraction of sp³-hybridized carbons (Fsp3) is 0.500. The maximum atomic E-state index is 12.3. The van der Waals surface area contributed by atoms with Crippen LogP contribution in [0.5, 0.6) is 5.75 Å². The Morgan fingerprint density at radius 2 is 1.67 bits per heavy atom. The van der Waals surface area contributed by atoms with Gasteiger partial charge in [-0.25, -0.2) is 4.79 Å². The summed E-state index contributed by atoms with van der Waals surface area (Å²) in [6.45, 7) is 9.84. The van der Waals surface area contributed by atoms with E-state index in [4.69, 9.17) is 9.47 Å². The van der Waals surface area contributed by atoms with Gasteiger partial charge in [0.15, 0.2) is 5.78 Å². The summed E-state index contributed by atoms with van der Waals surface area (Å²) >= 11 is 0. The molecule has 2 aromatic carbocycles. The highest BCUT2D eigenvalue weighted by Gasteiger charge is 2.25. The molecule has 0 aromatic heterocycles. The third kappa shape index (κ3) is 8.21. The molecule has 2 aromatic rings. The average molecular weight is 496 g/mol. The zero-order chi connectivity index (χ0) is 26.7. The van der Waals surface area contributed by atoms with E-state index in [1.54, 1.807) is 32.2 Å². The molecule has 1 aliphatic rings. The number of anilines is 1. The topological polar surface area (TPSA) is 81.7 Å². The average Bonchev–Trinajstić information content (AvgIpc) is 2.89. The van der Waals surface area contributed by atoms with Crippen molar-refractivity contribution in [2.24, 2.45) is 11.8 Å². The van der Waals surface area contributed by atoms with Crippen molar-refractivity contribution in [3.63, 3.8) is 0 Å². The number of Topliss-reactive ketones (excluding diaryl/α,β-unsaturated/α-hetero) is 1. The van der Waals surface area contributed by atoms with E-state index in [9.17, 15) is 14.4 Å². The molecule has 1 saturated carbocycles. The van der Waals surface area contributed by atoms with E-state index < -0.39 is 0 Å². The normalized spacial score (nSPS) is 16.8. The lowest BCUT2D eigenvalue weighted by Crippen LogP contribution is -2.27. The summed E-state index contributed by atoms with van der Waals surface area (Å²) in [6.07, 6.45) is 6.38. The van der Waals surface area contributed by atoms with Crippen LogP contribution in [-0.4, -0.2) is 31.4 Å². The first-order valence-corrected chi connectivity index (χ1v) is 13.0. The molecule has 0 unspecified atom stereocenters. The summed E-state index contributed by atoms with van der Waals surface area (Å²) in [6, 6.07) is 10.9. The SMILES string of the molecule is CCC1CCC(C(=O)Nc2ccc(C)c(OC)c2)CC1.CCOC(=O)c1ccc(C(C)=O)c(CC)c1. The smallest absolute Gasteiger partial charge is 0.338 e. The van der Waals surface area contributed by atoms with Crippen LogP contribution in [0.2, 0.25) is 0 Å². The minimum atomic E-state index is -0.340. The third-order valence-electron chi connectivity index (χ3n) is 6.85. The number of ketones is 1. The van der Waals surface area contributed by atoms with Gasteiger partial charge in [-0.1, -0.05) is 32.4 Å². The van der Waals surface area contributed by atoms with Crippen LogP contribution in [0.15, 0.2) is 36.4 Å². The molecule has 0 heterocycles. The Morgan fingerprint density at radius 3 is 2.22 bits per heavy atom. The van der Waals surface area contributed by atoms with E-state index in [-0.39, 0.29) is 23.6 Å². The van der Waals surface area contributed by atoms with E-state index >= 15 is 0 Å². The highest BCUT2D eigenvalue weighted by Crippen LogP contribution is 2.31. The number of hydrogen-bond donors (Lipinski definition) is 1. The Hall–Kier alpha value is -3.15. The quantitative estimate of drug-likeness (QED) is 0.322. The van der Waals surface area contributed by atoms with Gasteiger partial charge in [-0.05, 0) is 88.1 Å². The number of carbonyl (C=O) groups is 3. The zero-order valence-corrected chi connectivity index (χ0v) is 22.6. The van der Waals surface area contributed by atoms with E-state index in [1.807, 2.05) is 32.0 Å². The Balaban J connectivity index is 0.000000261. The number of nitrogens with one attached hydrogen (secondary N) is 1. The van der Waals surface area contributed by atoms with E-state index in [2.05, 4.69) is 12.2 Å². The monoisotopic (exact) mass is 495 g/mol. The Morgan fingerprint density at radius 1 is 0.972 bits per heavy atom. The van der Waals surface area contributed by atoms with Crippen LogP contribution in [0, 0.1) is 18.8 Å². The molecule has 0 radical (unpaired) electrons. The standard InChI is InChI=1S/C17H25NO2.C13H16O3/c1-4-13-6-8-14(9-7-13)17(19)18-15-10-5-12(2)16(11-15)20-3;1-4-10-8-11(13(15)16-5-2)6-7-12(10)9(3)14/h5,10-11,13-14H,4,6-9H2,1-3H3,(H,18,19);6-8H,4-5H2,1-3H3. The molecule has 0 bridgehead atoms. The van der Waals surface area contributed by atoms with Gasteiger partial charge in [0, 0.05) is 23.2 Å². The van der Waals surface area contributed by atoms with Gasteiger partial charge in [-0.15, -0.1) is 0 Å². The van der Waals surface area contributed by atoms with Crippen LogP contribution in [0.1, 0.15) is 91.6 Å². The molecule has 3 rings (SSSR count). The van der Waals surface area contributed by atoms with Gasteiger partial charge >= 0.3 is 5.97 Å². The summed E-state index contributed by atoms with van der Waals surface area (Å²) in [5.74, 6) is 1.64. The summed E-state index contributed by atoms with van der Waals surface area (Å²) in [7, 11) is 1.65. The molecular weight excluding hydrogens is 454 g/mol. The summed E-state index contributed by atoms with van der Waals surface area (Å²) in [5, 5.41) is 3.03. The highest BCUT2D eigenvalue weighted by molar-refractivity contribution is 5.97. The lowest BCUT2D eigenvalue weighted by molar-refractivity contribution is -0.121. The van der Waals surface area contributed by atoms with Crippen molar-refractivity contribution >= 4 is 23.3 Å². The molecule has 1 fully saturated rings. The Labute approximate surface area is 215 Å². The molecule has 1 amide bonds. The minimum Gasteiger partial charge on any atom is -0.496 e. The first-order valence-electron chi connectivity index (χ1n) is 13.0. The summed E-state index contributed by atoms with van der Waals surface area (Å²) < 4.78 is 10.2. The number of carbonyl (C=O) groups excluding carboxylic acids is 3. The van der Waals surface area contributed by atoms with Crippen LogP contribution in [0.3, 0.4) is 0 Å². The van der Waals surface area contributed by atoms with Gasteiger partial charge in [-0.3, -0.25) is 9.59 Å². The van der Waals surface area contributed by atoms with Crippen molar-refractivity contribution in [2.45, 2.75) is 73.1 Å². The molecule has 0 spiro atoms. The maximum Gasteiger partial charge on any atom is 0.338 e. The number of ether oxygens (including phenoxy) is 2. The first kappa shape index (κ1) is 29.1. The first-order chi connectivity index (χ1) is 17.2. The third-order valence-corrected chi connectivity index (χ3v) is 6.85. The zero-order valence-electron chi connectivity index (χ0n) is 22.6. The summed E-state index contributed by atoms with van der Waals surface area (Å²) in [5.41, 5.74) is 3.97. The predicted molar refractivity (Wildman–Crippen MR) is 144 cm³/mol. The molecule has 1 N–H and O–H groups in total. The molecule has 196 valence electrons. The van der Waals surface area contributed by atoms with Crippen LogP contribution in [0.4, 0.5) is 5.69 Å². The van der Waals surface area contributed by atoms with E-state index in [1.165, 1.54) is 26.2 Å². The van der Waals surface area contributed by atoms with Crippen molar-refractivity contribution in [1.82, 2.24) is 0 Å². The fourth-order valence-electron chi connectivity index (χ4n) is 4.55. The van der Waals surface area contributed by atoms with Gasteiger partial charge in [0.2, 0.25) is 5.91 Å². The van der Waals surface area contributed by atoms with Crippen molar-refractivity contribution in [1.29, 1.82) is 0 Å². The minimum absolute atomic E-state index is 0.0206. The van der Waals surface area contributed by atoms with E-state index in [0.717, 1.165) is 47.7 Å². The van der Waals surface area contributed by atoms with Crippen LogP contribution in [0.25, 0.3) is 0 Å². The molecule has 6 nitrogen and oxygen atoms in total. The van der Waals surface area contributed by atoms with Gasteiger partial charge in [0.05, 0.1) is 19.3 Å². The number of rotatable bonds is 8. The second kappa shape index (κ2) is 14.4. The number of benzene rings is 2. The van der Waals surface area contributed by atoms with E-state index in [0.29, 0.717) is 17.7 Å². The second-order valence-corrected chi connectivity index (χ2v) is 9.30. The second-order valence-electron chi connectivity index (χ2n) is 9.30. The van der Waals surface area contributed by atoms with Gasteiger partial charge < -0.3 is 14.8 Å². The fourth-order valence-corrected chi connectivity index (χ4v) is 4.55. The van der Waals surface area contributed by atoms with Crippen LogP contribution < -0.4 is 10.1 Å². The lowest BCUT2D eigenvalue weighted by atomic mass is 9.80. The highest BCUT2D eigenvalue weighted by atomic mass is 16.5. The molecular formula is C30H41NO5. The number of esters is 1. The number of amides is 1. The van der Waals surface area contributed by atoms with Crippen LogP contribution in [-0.2, 0) is 16.0 Å². The number of methoxy groups -OCH3 is 1. The largest absolute Gasteiger partial charge is 0.496 e. The molecule has 6 heteroatoms. The van der Waals surface area contributed by atoms with Crippen LogP contribution >= 0.6 is 0 Å². The molecule has 0 saturated heterocycles. The number of aryl methyl sites for hydroxylation is 2. The Bertz CT molecular complexity index is 1040. The van der Waals surface area contributed by atoms with Crippen molar-refractivity contribution in [3.05, 3.63) is 58.7 Å². The molecule has 36 heavy (non-hydrogen) atoms. The van der Waals surface area contributed by atoms with Crippen molar-refractivity contribution in [3.8, 4) is 5.75 Å². The lowest BCUT2D eigenvalue weighted by Gasteiger charge is -2.27.